The third kappa shape index (κ3) is 2.72. The van der Waals surface area contributed by atoms with Crippen molar-refractivity contribution in [2.45, 2.75) is 25.8 Å². The molecule has 0 radical (unpaired) electrons. The Morgan fingerprint density at radius 2 is 2.17 bits per heavy atom. The summed E-state index contributed by atoms with van der Waals surface area (Å²) in [5, 5.41) is 0. The van der Waals surface area contributed by atoms with Crippen LogP contribution in [0.3, 0.4) is 0 Å². The summed E-state index contributed by atoms with van der Waals surface area (Å²) in [6.07, 6.45) is 3.65. The molecule has 0 aliphatic heterocycles. The number of hydrogen-bond acceptors (Lipinski definition) is 3. The standard InChI is InChI=1S/C17H17FN2O3/c1-23-11-6-5-10(14(18)7-11)8-20-9-13(17(19)22)16(21)12-3-2-4-15(12)20/h5-7,9H,2-4,8H2,1H3,(H2,19,22). The van der Waals surface area contributed by atoms with E-state index in [1.165, 1.54) is 19.4 Å². The number of aromatic nitrogens is 1. The fourth-order valence-electron chi connectivity index (χ4n) is 3.03. The number of hydrogen-bond donors (Lipinski definition) is 1. The fraction of sp³-hybridized carbons (Fsp3) is 0.294. The van der Waals surface area contributed by atoms with Gasteiger partial charge in [-0.05, 0) is 25.3 Å². The van der Waals surface area contributed by atoms with E-state index in [2.05, 4.69) is 0 Å². The van der Waals surface area contributed by atoms with Crippen LogP contribution < -0.4 is 15.9 Å². The summed E-state index contributed by atoms with van der Waals surface area (Å²) in [7, 11) is 1.47. The van der Waals surface area contributed by atoms with Gasteiger partial charge in [0.05, 0.1) is 13.7 Å². The van der Waals surface area contributed by atoms with Gasteiger partial charge in [0, 0.05) is 29.1 Å². The van der Waals surface area contributed by atoms with E-state index in [0.29, 0.717) is 23.3 Å². The molecule has 0 spiro atoms. The molecule has 0 fully saturated rings. The van der Waals surface area contributed by atoms with Crippen LogP contribution in [0.15, 0.2) is 29.2 Å². The number of nitrogens with zero attached hydrogens (tertiary/aromatic N) is 1. The first-order chi connectivity index (χ1) is 11.0. The molecule has 0 saturated carbocycles. The average Bonchev–Trinajstić information content (AvgIpc) is 3.01. The highest BCUT2D eigenvalue weighted by atomic mass is 19.1. The molecule has 0 saturated heterocycles. The number of carbonyl (C=O) groups is 1. The Morgan fingerprint density at radius 3 is 2.83 bits per heavy atom. The number of benzene rings is 1. The predicted octanol–water partition coefficient (Wildman–Crippen LogP) is 1.63. The van der Waals surface area contributed by atoms with Gasteiger partial charge in [0.15, 0.2) is 5.43 Å². The van der Waals surface area contributed by atoms with Crippen LogP contribution in [0.4, 0.5) is 4.39 Å². The van der Waals surface area contributed by atoms with E-state index in [-0.39, 0.29) is 17.5 Å². The van der Waals surface area contributed by atoms with Gasteiger partial charge in [-0.2, -0.15) is 0 Å². The Kier molecular flexibility index (Phi) is 3.90. The molecule has 1 aromatic heterocycles. The highest BCUT2D eigenvalue weighted by molar-refractivity contribution is 5.92. The van der Waals surface area contributed by atoms with Gasteiger partial charge < -0.3 is 15.0 Å². The van der Waals surface area contributed by atoms with Gasteiger partial charge in [0.2, 0.25) is 0 Å². The zero-order chi connectivity index (χ0) is 16.6. The highest BCUT2D eigenvalue weighted by Crippen LogP contribution is 2.22. The van der Waals surface area contributed by atoms with Crippen molar-refractivity contribution < 1.29 is 13.9 Å². The molecule has 0 bridgehead atoms. The quantitative estimate of drug-likeness (QED) is 0.931. The van der Waals surface area contributed by atoms with Crippen molar-refractivity contribution in [3.8, 4) is 5.75 Å². The molecule has 0 atom stereocenters. The minimum Gasteiger partial charge on any atom is -0.497 e. The largest absolute Gasteiger partial charge is 0.497 e. The average molecular weight is 316 g/mol. The normalized spacial score (nSPS) is 13.0. The van der Waals surface area contributed by atoms with Crippen LogP contribution in [0.25, 0.3) is 0 Å². The van der Waals surface area contributed by atoms with E-state index in [1.54, 1.807) is 16.7 Å². The lowest BCUT2D eigenvalue weighted by Gasteiger charge is -2.15. The maximum atomic E-state index is 14.2. The monoisotopic (exact) mass is 316 g/mol. The molecule has 120 valence electrons. The molecule has 3 rings (SSSR count). The molecular formula is C17H17FN2O3. The summed E-state index contributed by atoms with van der Waals surface area (Å²) in [5.41, 5.74) is 6.89. The molecule has 6 heteroatoms. The second-order valence-electron chi connectivity index (χ2n) is 5.60. The number of methoxy groups -OCH3 is 1. The van der Waals surface area contributed by atoms with Crippen molar-refractivity contribution in [3.63, 3.8) is 0 Å². The summed E-state index contributed by atoms with van der Waals surface area (Å²) >= 11 is 0. The van der Waals surface area contributed by atoms with Gasteiger partial charge >= 0.3 is 0 Å². The van der Waals surface area contributed by atoms with Crippen LogP contribution in [0, 0.1) is 5.82 Å². The van der Waals surface area contributed by atoms with Gasteiger partial charge in [-0.15, -0.1) is 0 Å². The van der Waals surface area contributed by atoms with E-state index < -0.39 is 11.7 Å². The smallest absolute Gasteiger partial charge is 0.254 e. The minimum atomic E-state index is -0.756. The van der Waals surface area contributed by atoms with Crippen LogP contribution in [-0.2, 0) is 19.4 Å². The minimum absolute atomic E-state index is 0.0421. The molecule has 2 N–H and O–H groups in total. The van der Waals surface area contributed by atoms with E-state index in [0.717, 1.165) is 18.5 Å². The van der Waals surface area contributed by atoms with Crippen molar-refractivity contribution in [1.29, 1.82) is 0 Å². The first kappa shape index (κ1) is 15.3. The second-order valence-corrected chi connectivity index (χ2v) is 5.60. The number of pyridine rings is 1. The Bertz CT molecular complexity index is 842. The van der Waals surface area contributed by atoms with Gasteiger partial charge in [-0.25, -0.2) is 4.39 Å². The summed E-state index contributed by atoms with van der Waals surface area (Å²) in [6.45, 7) is 0.235. The molecule has 1 heterocycles. The number of rotatable bonds is 4. The van der Waals surface area contributed by atoms with Crippen molar-refractivity contribution in [2.24, 2.45) is 5.73 Å². The van der Waals surface area contributed by atoms with Gasteiger partial charge in [0.1, 0.15) is 17.1 Å². The number of ether oxygens (including phenoxy) is 1. The molecule has 23 heavy (non-hydrogen) atoms. The first-order valence-electron chi connectivity index (χ1n) is 7.38. The molecule has 0 unspecified atom stereocenters. The molecule has 1 aliphatic rings. The number of carbonyl (C=O) groups excluding carboxylic acids is 1. The van der Waals surface area contributed by atoms with Crippen molar-refractivity contribution >= 4 is 5.91 Å². The molecule has 1 aromatic carbocycles. The number of amides is 1. The van der Waals surface area contributed by atoms with Crippen LogP contribution in [0.1, 0.15) is 33.6 Å². The van der Waals surface area contributed by atoms with Crippen LogP contribution >= 0.6 is 0 Å². The SMILES string of the molecule is COc1ccc(Cn2cc(C(N)=O)c(=O)c3c2CCC3)c(F)c1. The number of halogens is 1. The van der Waals surface area contributed by atoms with E-state index in [4.69, 9.17) is 10.5 Å². The highest BCUT2D eigenvalue weighted by Gasteiger charge is 2.22. The Morgan fingerprint density at radius 1 is 1.39 bits per heavy atom. The fourth-order valence-corrected chi connectivity index (χ4v) is 3.03. The van der Waals surface area contributed by atoms with E-state index in [1.807, 2.05) is 0 Å². The summed E-state index contributed by atoms with van der Waals surface area (Å²) in [5.74, 6) is -0.710. The predicted molar refractivity (Wildman–Crippen MR) is 83.3 cm³/mol. The topological polar surface area (TPSA) is 74.3 Å². The van der Waals surface area contributed by atoms with Crippen LogP contribution in [-0.4, -0.2) is 17.6 Å². The summed E-state index contributed by atoms with van der Waals surface area (Å²) in [4.78, 5) is 23.7. The van der Waals surface area contributed by atoms with Gasteiger partial charge in [0.25, 0.3) is 5.91 Å². The second kappa shape index (κ2) is 5.87. The van der Waals surface area contributed by atoms with E-state index >= 15 is 0 Å². The molecule has 1 aliphatic carbocycles. The van der Waals surface area contributed by atoms with Gasteiger partial charge in [-0.1, -0.05) is 6.07 Å². The van der Waals surface area contributed by atoms with Gasteiger partial charge in [-0.3, -0.25) is 9.59 Å². The number of fused-ring (bicyclic) bond motifs is 1. The Hall–Kier alpha value is -2.63. The Labute approximate surface area is 132 Å². The van der Waals surface area contributed by atoms with Crippen LogP contribution in [0.5, 0.6) is 5.75 Å². The zero-order valence-corrected chi connectivity index (χ0v) is 12.8. The van der Waals surface area contributed by atoms with E-state index in [9.17, 15) is 14.0 Å². The molecule has 1 amide bonds. The Balaban J connectivity index is 2.07. The van der Waals surface area contributed by atoms with Crippen LogP contribution in [0.2, 0.25) is 0 Å². The molecule has 5 nitrogen and oxygen atoms in total. The summed E-state index contributed by atoms with van der Waals surface area (Å²) in [6, 6.07) is 4.63. The maximum Gasteiger partial charge on any atom is 0.254 e. The molecule has 2 aromatic rings. The van der Waals surface area contributed by atoms with Crippen molar-refractivity contribution in [2.75, 3.05) is 7.11 Å². The van der Waals surface area contributed by atoms with Crippen molar-refractivity contribution in [3.05, 3.63) is 62.8 Å². The maximum absolute atomic E-state index is 14.2. The lowest BCUT2D eigenvalue weighted by atomic mass is 10.1. The lowest BCUT2D eigenvalue weighted by molar-refractivity contribution is 0.0998. The third-order valence-corrected chi connectivity index (χ3v) is 4.21. The first-order valence-corrected chi connectivity index (χ1v) is 7.38. The number of nitrogens with two attached hydrogens (primary N) is 1. The third-order valence-electron chi connectivity index (χ3n) is 4.21. The van der Waals surface area contributed by atoms with Crippen molar-refractivity contribution in [1.82, 2.24) is 4.57 Å². The zero-order valence-electron chi connectivity index (χ0n) is 12.8. The summed E-state index contributed by atoms with van der Waals surface area (Å²) < 4.78 is 20.9. The molecular weight excluding hydrogens is 299 g/mol. The lowest BCUT2D eigenvalue weighted by Crippen LogP contribution is -2.27. The number of primary amides is 1.